The van der Waals surface area contributed by atoms with E-state index < -0.39 is 16.1 Å². The van der Waals surface area contributed by atoms with E-state index in [1.807, 2.05) is 63.2 Å². The van der Waals surface area contributed by atoms with Crippen LogP contribution in [0.5, 0.6) is 17.2 Å². The van der Waals surface area contributed by atoms with Crippen molar-refractivity contribution in [2.24, 2.45) is 0 Å². The Morgan fingerprint density at radius 2 is 1.66 bits per heavy atom. The molecule has 1 aliphatic rings. The third-order valence-corrected chi connectivity index (χ3v) is 7.88. The molecule has 186 valence electrons. The highest BCUT2D eigenvalue weighted by Crippen LogP contribution is 2.37. The van der Waals surface area contributed by atoms with E-state index in [1.54, 1.807) is 18.2 Å². The van der Waals surface area contributed by atoms with E-state index in [0.717, 1.165) is 22.6 Å². The highest BCUT2D eigenvalue weighted by Gasteiger charge is 2.37. The molecule has 0 bridgehead atoms. The number of sulfonamides is 1. The molecule has 0 saturated carbocycles. The van der Waals surface area contributed by atoms with E-state index >= 15 is 0 Å². The maximum atomic E-state index is 13.7. The number of rotatable bonds is 9. The van der Waals surface area contributed by atoms with E-state index in [0.29, 0.717) is 30.3 Å². The normalized spacial score (nSPS) is 16.1. The van der Waals surface area contributed by atoms with E-state index in [2.05, 4.69) is 0 Å². The van der Waals surface area contributed by atoms with Crippen molar-refractivity contribution in [2.45, 2.75) is 44.2 Å². The van der Waals surface area contributed by atoms with E-state index in [1.165, 1.54) is 10.4 Å². The van der Waals surface area contributed by atoms with Crippen LogP contribution in [-0.4, -0.2) is 38.6 Å². The first kappa shape index (κ1) is 25.4. The predicted octanol–water partition coefficient (Wildman–Crippen LogP) is 5.89. The number of hydrogen-bond donors (Lipinski definition) is 0. The van der Waals surface area contributed by atoms with Crippen molar-refractivity contribution in [1.29, 1.82) is 0 Å². The van der Waals surface area contributed by atoms with Gasteiger partial charge in [0.25, 0.3) is 0 Å². The zero-order chi connectivity index (χ0) is 25.0. The zero-order valence-corrected chi connectivity index (χ0v) is 21.7. The van der Waals surface area contributed by atoms with Crippen LogP contribution in [-0.2, 0) is 16.4 Å². The van der Waals surface area contributed by atoms with Crippen molar-refractivity contribution in [3.63, 3.8) is 0 Å². The maximum absolute atomic E-state index is 13.7. The maximum Gasteiger partial charge on any atom is 0.243 e. The molecule has 0 aromatic heterocycles. The van der Waals surface area contributed by atoms with Crippen LogP contribution >= 0.6 is 11.6 Å². The second-order valence-electron chi connectivity index (χ2n) is 8.58. The second-order valence-corrected chi connectivity index (χ2v) is 10.9. The van der Waals surface area contributed by atoms with Gasteiger partial charge >= 0.3 is 0 Å². The van der Waals surface area contributed by atoms with Crippen LogP contribution in [0.1, 0.15) is 37.9 Å². The Bertz CT molecular complexity index is 1260. The number of hydrogen-bond acceptors (Lipinski definition) is 5. The highest BCUT2D eigenvalue weighted by molar-refractivity contribution is 7.89. The molecule has 35 heavy (non-hydrogen) atoms. The Morgan fingerprint density at radius 1 is 0.971 bits per heavy atom. The van der Waals surface area contributed by atoms with Gasteiger partial charge in [0.1, 0.15) is 23.9 Å². The van der Waals surface area contributed by atoms with Crippen LogP contribution in [0, 0.1) is 0 Å². The highest BCUT2D eigenvalue weighted by atomic mass is 35.5. The fraction of sp³-hybridized carbons (Fsp3) is 0.333. The fourth-order valence-electron chi connectivity index (χ4n) is 4.21. The molecule has 1 aliphatic heterocycles. The molecule has 0 saturated heterocycles. The smallest absolute Gasteiger partial charge is 0.243 e. The summed E-state index contributed by atoms with van der Waals surface area (Å²) < 4.78 is 46.3. The average Bonchev–Trinajstić information content (AvgIpc) is 2.83. The Balaban J connectivity index is 1.66. The van der Waals surface area contributed by atoms with Gasteiger partial charge in [-0.2, -0.15) is 4.31 Å². The lowest BCUT2D eigenvalue weighted by molar-refractivity contribution is 0.196. The minimum Gasteiger partial charge on any atom is -0.494 e. The van der Waals surface area contributed by atoms with Crippen molar-refractivity contribution >= 4 is 21.6 Å². The first-order valence-electron chi connectivity index (χ1n) is 11.7. The van der Waals surface area contributed by atoms with Gasteiger partial charge in [0.2, 0.25) is 10.0 Å². The fourth-order valence-corrected chi connectivity index (χ4v) is 6.10. The molecule has 1 heterocycles. The van der Waals surface area contributed by atoms with Gasteiger partial charge in [-0.15, -0.1) is 0 Å². The summed E-state index contributed by atoms with van der Waals surface area (Å²) in [5.74, 6) is 2.17. The van der Waals surface area contributed by atoms with Crippen LogP contribution < -0.4 is 14.2 Å². The van der Waals surface area contributed by atoms with E-state index in [4.69, 9.17) is 25.8 Å². The van der Waals surface area contributed by atoms with Crippen molar-refractivity contribution in [3.05, 3.63) is 82.9 Å². The van der Waals surface area contributed by atoms with Crippen LogP contribution in [0.25, 0.3) is 0 Å². The van der Waals surface area contributed by atoms with Crippen LogP contribution in [0.2, 0.25) is 5.02 Å². The molecule has 3 aromatic carbocycles. The Labute approximate surface area is 212 Å². The molecule has 0 aliphatic carbocycles. The molecule has 0 radical (unpaired) electrons. The number of ether oxygens (including phenoxy) is 3. The second kappa shape index (κ2) is 10.9. The minimum absolute atomic E-state index is 0.0511. The van der Waals surface area contributed by atoms with Gasteiger partial charge in [-0.05, 0) is 92.9 Å². The summed E-state index contributed by atoms with van der Waals surface area (Å²) in [7, 11) is -3.81. The molecule has 0 spiro atoms. The number of fused-ring (bicyclic) bond motifs is 1. The molecule has 0 N–H and O–H groups in total. The van der Waals surface area contributed by atoms with Crippen LogP contribution in [0.3, 0.4) is 0 Å². The van der Waals surface area contributed by atoms with Crippen molar-refractivity contribution in [1.82, 2.24) is 4.31 Å². The first-order valence-corrected chi connectivity index (χ1v) is 13.5. The van der Waals surface area contributed by atoms with E-state index in [-0.39, 0.29) is 17.6 Å². The van der Waals surface area contributed by atoms with Crippen LogP contribution in [0.4, 0.5) is 0 Å². The summed E-state index contributed by atoms with van der Waals surface area (Å²) in [6, 6.07) is 19.0. The predicted molar refractivity (Wildman–Crippen MR) is 137 cm³/mol. The van der Waals surface area contributed by atoms with E-state index in [9.17, 15) is 8.42 Å². The lowest BCUT2D eigenvalue weighted by atomic mass is 9.94. The third-order valence-electron chi connectivity index (χ3n) is 5.74. The number of benzene rings is 3. The lowest BCUT2D eigenvalue weighted by Gasteiger charge is -2.36. The molecular formula is C27H30ClNO5S. The molecule has 3 aromatic rings. The van der Waals surface area contributed by atoms with Gasteiger partial charge in [-0.25, -0.2) is 8.42 Å². The van der Waals surface area contributed by atoms with Gasteiger partial charge < -0.3 is 14.2 Å². The molecule has 8 heteroatoms. The SMILES string of the molecule is CCOc1ccc(OCC2c3ccc(OC(C)C)cc3CCN2S(=O)(=O)c2cccc(Cl)c2)cc1. The minimum atomic E-state index is -3.81. The summed E-state index contributed by atoms with van der Waals surface area (Å²) in [4.78, 5) is 0.166. The van der Waals surface area contributed by atoms with Gasteiger partial charge in [-0.1, -0.05) is 23.7 Å². The third kappa shape index (κ3) is 5.92. The quantitative estimate of drug-likeness (QED) is 0.355. The molecule has 0 amide bonds. The topological polar surface area (TPSA) is 65.1 Å². The monoisotopic (exact) mass is 515 g/mol. The molecule has 4 rings (SSSR count). The van der Waals surface area contributed by atoms with Gasteiger partial charge in [0, 0.05) is 11.6 Å². The number of nitrogens with zero attached hydrogens (tertiary/aromatic N) is 1. The van der Waals surface area contributed by atoms with Gasteiger partial charge in [0.15, 0.2) is 0 Å². The zero-order valence-electron chi connectivity index (χ0n) is 20.1. The van der Waals surface area contributed by atoms with Crippen molar-refractivity contribution < 1.29 is 22.6 Å². The molecular weight excluding hydrogens is 486 g/mol. The molecule has 0 fully saturated rings. The van der Waals surface area contributed by atoms with Crippen molar-refractivity contribution in [2.75, 3.05) is 19.8 Å². The average molecular weight is 516 g/mol. The first-order chi connectivity index (χ1) is 16.8. The summed E-state index contributed by atoms with van der Waals surface area (Å²) in [5, 5.41) is 0.376. The molecule has 1 atom stereocenters. The summed E-state index contributed by atoms with van der Waals surface area (Å²) in [6.45, 7) is 6.95. The van der Waals surface area contributed by atoms with Gasteiger partial charge in [-0.3, -0.25) is 0 Å². The molecule has 1 unspecified atom stereocenters. The Kier molecular flexibility index (Phi) is 7.89. The summed E-state index contributed by atoms with van der Waals surface area (Å²) in [6.07, 6.45) is 0.624. The van der Waals surface area contributed by atoms with Crippen LogP contribution in [0.15, 0.2) is 71.6 Å². The largest absolute Gasteiger partial charge is 0.494 e. The Morgan fingerprint density at radius 3 is 2.31 bits per heavy atom. The summed E-state index contributed by atoms with van der Waals surface area (Å²) in [5.41, 5.74) is 1.96. The Hall–Kier alpha value is -2.74. The number of halogens is 1. The van der Waals surface area contributed by atoms with Gasteiger partial charge in [0.05, 0.1) is 23.6 Å². The summed E-state index contributed by atoms with van der Waals surface area (Å²) >= 11 is 6.11. The lowest BCUT2D eigenvalue weighted by Crippen LogP contribution is -2.42. The molecule has 6 nitrogen and oxygen atoms in total. The van der Waals surface area contributed by atoms with Crippen molar-refractivity contribution in [3.8, 4) is 17.2 Å². The standard InChI is InChI=1S/C27H30ClNO5S/c1-4-32-22-8-10-23(11-9-22)33-18-27-26-13-12-24(34-19(2)3)16-20(26)14-15-29(27)35(30,31)25-7-5-6-21(28)17-25/h5-13,16-17,19,27H,4,14-15,18H2,1-3H3.